The number of ether oxygens (including phenoxy) is 1. The van der Waals surface area contributed by atoms with Crippen LogP contribution >= 0.6 is 0 Å². The normalized spacial score (nSPS) is 19.0. The van der Waals surface area contributed by atoms with Gasteiger partial charge in [0.2, 0.25) is 5.88 Å². The molecule has 4 rings (SSSR count). The van der Waals surface area contributed by atoms with Crippen molar-refractivity contribution in [2.24, 2.45) is 0 Å². The van der Waals surface area contributed by atoms with Gasteiger partial charge >= 0.3 is 0 Å². The molecule has 0 unspecified atom stereocenters. The maximum Gasteiger partial charge on any atom is 0.275 e. The number of rotatable bonds is 4. The molecule has 1 saturated heterocycles. The molecule has 0 spiro atoms. The fourth-order valence-electron chi connectivity index (χ4n) is 3.52. The van der Waals surface area contributed by atoms with Gasteiger partial charge in [-0.1, -0.05) is 6.07 Å². The minimum atomic E-state index is -0.156. The van der Waals surface area contributed by atoms with Crippen molar-refractivity contribution >= 4 is 5.91 Å². The van der Waals surface area contributed by atoms with Crippen LogP contribution in [0.4, 0.5) is 0 Å². The molecule has 1 aliphatic rings. The van der Waals surface area contributed by atoms with E-state index in [-0.39, 0.29) is 18.1 Å². The number of hydrogen-bond acceptors (Lipinski definition) is 6. The van der Waals surface area contributed by atoms with Crippen LogP contribution in [0.5, 0.6) is 5.88 Å². The number of carbonyl (C=O) groups excluding carboxylic acids is 1. The summed E-state index contributed by atoms with van der Waals surface area (Å²) in [6.45, 7) is 4.53. The van der Waals surface area contributed by atoms with Gasteiger partial charge in [-0.05, 0) is 50.5 Å². The Balaban J connectivity index is 1.56. The topological polar surface area (TPSA) is 81.1 Å². The first-order valence-corrected chi connectivity index (χ1v) is 9.74. The van der Waals surface area contributed by atoms with Gasteiger partial charge in [0, 0.05) is 36.9 Å². The second-order valence-electron chi connectivity index (χ2n) is 7.26. The number of hydrogen-bond donors (Lipinski definition) is 0. The van der Waals surface area contributed by atoms with Crippen molar-refractivity contribution in [3.63, 3.8) is 0 Å². The van der Waals surface area contributed by atoms with Crippen LogP contribution in [0.15, 0.2) is 55.1 Å². The Hall–Kier alpha value is -3.35. The summed E-state index contributed by atoms with van der Waals surface area (Å²) in [4.78, 5) is 32.5. The number of aryl methyl sites for hydroxylation is 1. The summed E-state index contributed by atoms with van der Waals surface area (Å²) >= 11 is 0. The number of piperidine rings is 1. The molecule has 1 fully saturated rings. The lowest BCUT2D eigenvalue weighted by molar-refractivity contribution is 0.0368. The third-order valence-corrected chi connectivity index (χ3v) is 5.09. The summed E-state index contributed by atoms with van der Waals surface area (Å²) in [7, 11) is 0. The zero-order chi connectivity index (χ0) is 20.2. The highest BCUT2D eigenvalue weighted by Gasteiger charge is 2.33. The van der Waals surface area contributed by atoms with Gasteiger partial charge in [-0.3, -0.25) is 14.8 Å². The molecular formula is C22H23N5O2. The Morgan fingerprint density at radius 3 is 2.69 bits per heavy atom. The Bertz CT molecular complexity index is 995. The van der Waals surface area contributed by atoms with E-state index in [0.717, 1.165) is 18.4 Å². The Kier molecular flexibility index (Phi) is 5.46. The molecule has 1 amide bonds. The van der Waals surface area contributed by atoms with Gasteiger partial charge in [0.1, 0.15) is 11.8 Å². The van der Waals surface area contributed by atoms with Crippen LogP contribution < -0.4 is 4.74 Å². The predicted molar refractivity (Wildman–Crippen MR) is 108 cm³/mol. The van der Waals surface area contributed by atoms with Gasteiger partial charge in [-0.15, -0.1) is 0 Å². The molecule has 7 nitrogen and oxygen atoms in total. The molecule has 0 aromatic carbocycles. The number of amides is 1. The molecule has 0 bridgehead atoms. The van der Waals surface area contributed by atoms with Crippen molar-refractivity contribution < 1.29 is 9.53 Å². The maximum atomic E-state index is 13.4. The predicted octanol–water partition coefficient (Wildman–Crippen LogP) is 3.31. The molecule has 0 saturated carbocycles. The van der Waals surface area contributed by atoms with Crippen LogP contribution in [0.3, 0.4) is 0 Å². The van der Waals surface area contributed by atoms with Crippen LogP contribution in [0.2, 0.25) is 0 Å². The summed E-state index contributed by atoms with van der Waals surface area (Å²) in [6, 6.07) is 9.45. The monoisotopic (exact) mass is 389 g/mol. The van der Waals surface area contributed by atoms with E-state index in [1.165, 1.54) is 0 Å². The summed E-state index contributed by atoms with van der Waals surface area (Å²) in [5.41, 5.74) is 2.53. The van der Waals surface area contributed by atoms with E-state index < -0.39 is 0 Å². The number of likely N-dealkylation sites (tertiary alicyclic amines) is 1. The van der Waals surface area contributed by atoms with Crippen LogP contribution in [0.1, 0.15) is 35.8 Å². The van der Waals surface area contributed by atoms with E-state index in [0.29, 0.717) is 29.5 Å². The van der Waals surface area contributed by atoms with Crippen molar-refractivity contribution in [1.82, 2.24) is 24.8 Å². The highest BCUT2D eigenvalue weighted by Crippen LogP contribution is 2.25. The van der Waals surface area contributed by atoms with Gasteiger partial charge in [-0.25, -0.2) is 9.97 Å². The zero-order valence-electron chi connectivity index (χ0n) is 16.5. The molecule has 4 heterocycles. The van der Waals surface area contributed by atoms with Crippen molar-refractivity contribution in [2.45, 2.75) is 38.8 Å². The molecule has 0 N–H and O–H groups in total. The molecule has 3 aromatic heterocycles. The lowest BCUT2D eigenvalue weighted by Crippen LogP contribution is -2.49. The van der Waals surface area contributed by atoms with Gasteiger partial charge < -0.3 is 9.64 Å². The second kappa shape index (κ2) is 8.34. The summed E-state index contributed by atoms with van der Waals surface area (Å²) in [5, 5.41) is 0. The first kappa shape index (κ1) is 19.0. The molecule has 29 heavy (non-hydrogen) atoms. The van der Waals surface area contributed by atoms with E-state index in [1.807, 2.05) is 42.2 Å². The second-order valence-corrected chi connectivity index (χ2v) is 7.26. The minimum Gasteiger partial charge on any atom is -0.472 e. The Morgan fingerprint density at radius 2 is 1.90 bits per heavy atom. The van der Waals surface area contributed by atoms with Crippen LogP contribution in [-0.2, 0) is 0 Å². The van der Waals surface area contributed by atoms with E-state index in [4.69, 9.17) is 4.74 Å². The largest absolute Gasteiger partial charge is 0.472 e. The summed E-state index contributed by atoms with van der Waals surface area (Å²) in [5.74, 6) is 0.433. The van der Waals surface area contributed by atoms with E-state index in [2.05, 4.69) is 26.9 Å². The first-order chi connectivity index (χ1) is 14.1. The van der Waals surface area contributed by atoms with E-state index in [9.17, 15) is 4.79 Å². The lowest BCUT2D eigenvalue weighted by Gasteiger charge is -2.37. The van der Waals surface area contributed by atoms with E-state index >= 15 is 0 Å². The third kappa shape index (κ3) is 4.23. The average Bonchev–Trinajstić information content (AvgIpc) is 2.75. The van der Waals surface area contributed by atoms with Gasteiger partial charge in [0.05, 0.1) is 12.2 Å². The zero-order valence-corrected chi connectivity index (χ0v) is 16.5. The van der Waals surface area contributed by atoms with Crippen molar-refractivity contribution in [3.05, 3.63) is 66.4 Å². The number of nitrogens with zero attached hydrogens (tertiary/aromatic N) is 5. The fraction of sp³-hybridized carbons (Fsp3) is 0.318. The van der Waals surface area contributed by atoms with Crippen molar-refractivity contribution in [3.8, 4) is 17.3 Å². The fourth-order valence-corrected chi connectivity index (χ4v) is 3.52. The highest BCUT2D eigenvalue weighted by molar-refractivity contribution is 5.97. The molecule has 7 heteroatoms. The van der Waals surface area contributed by atoms with Crippen LogP contribution in [0, 0.1) is 6.92 Å². The number of carbonyl (C=O) groups is 1. The van der Waals surface area contributed by atoms with Gasteiger partial charge in [0.15, 0.2) is 5.69 Å². The number of aromatic nitrogens is 4. The molecular weight excluding hydrogens is 366 g/mol. The lowest BCUT2D eigenvalue weighted by atomic mass is 10.00. The molecule has 3 aromatic rings. The van der Waals surface area contributed by atoms with Crippen LogP contribution in [0.25, 0.3) is 11.4 Å². The molecule has 148 valence electrons. The first-order valence-electron chi connectivity index (χ1n) is 9.74. The Morgan fingerprint density at radius 1 is 1.03 bits per heavy atom. The minimum absolute atomic E-state index is 0.0893. The van der Waals surface area contributed by atoms with Gasteiger partial charge in [-0.2, -0.15) is 0 Å². The molecule has 0 aliphatic carbocycles. The summed E-state index contributed by atoms with van der Waals surface area (Å²) in [6.07, 6.45) is 8.14. The molecule has 2 atom stereocenters. The van der Waals surface area contributed by atoms with Crippen molar-refractivity contribution in [2.75, 3.05) is 6.54 Å². The molecule has 0 radical (unpaired) electrons. The SMILES string of the molecule is Cc1ccnc(O[C@@H]2CC[C@@H](C)N(C(=O)c3nccnc3-c3ccccn3)C2)c1. The average molecular weight is 389 g/mol. The van der Waals surface area contributed by atoms with E-state index in [1.54, 1.807) is 24.8 Å². The van der Waals surface area contributed by atoms with Gasteiger partial charge in [0.25, 0.3) is 5.91 Å². The smallest absolute Gasteiger partial charge is 0.275 e. The van der Waals surface area contributed by atoms with Crippen molar-refractivity contribution in [1.29, 1.82) is 0 Å². The quantitative estimate of drug-likeness (QED) is 0.681. The summed E-state index contributed by atoms with van der Waals surface area (Å²) < 4.78 is 6.06. The highest BCUT2D eigenvalue weighted by atomic mass is 16.5. The van der Waals surface area contributed by atoms with Crippen LogP contribution in [-0.4, -0.2) is 49.4 Å². The third-order valence-electron chi connectivity index (χ3n) is 5.09. The standard InChI is InChI=1S/C22H23N5O2/c1-15-8-10-24-19(13-15)29-17-7-6-16(2)27(14-17)22(28)21-20(25-11-12-26-21)18-5-3-4-9-23-18/h3-5,8-13,16-17H,6-7,14H2,1-2H3/t16-,17-/m1/s1. The Labute approximate surface area is 169 Å². The maximum absolute atomic E-state index is 13.4. The number of pyridine rings is 2. The molecule has 1 aliphatic heterocycles.